The minimum absolute atomic E-state index is 0.0672. The van der Waals surface area contributed by atoms with Crippen LogP contribution in [0.1, 0.15) is 60.8 Å². The van der Waals surface area contributed by atoms with Crippen molar-refractivity contribution in [2.75, 3.05) is 0 Å². The van der Waals surface area contributed by atoms with E-state index in [0.29, 0.717) is 6.42 Å². The Hall–Kier alpha value is -2.42. The molecule has 0 unspecified atom stereocenters. The van der Waals surface area contributed by atoms with Gasteiger partial charge in [0.1, 0.15) is 6.10 Å². The van der Waals surface area contributed by atoms with Gasteiger partial charge in [0.05, 0.1) is 11.7 Å². The van der Waals surface area contributed by atoms with E-state index in [1.165, 1.54) is 10.4 Å². The zero-order valence-electron chi connectivity index (χ0n) is 24.5. The van der Waals surface area contributed by atoms with Crippen LogP contribution in [0.2, 0.25) is 23.2 Å². The van der Waals surface area contributed by atoms with Gasteiger partial charge < -0.3 is 13.6 Å². The normalized spacial score (nSPS) is 24.9. The summed E-state index contributed by atoms with van der Waals surface area (Å²) in [6.45, 7) is 13.6. The summed E-state index contributed by atoms with van der Waals surface area (Å²) >= 11 is 0. The fraction of sp³-hybridized carbons (Fsp3) is 0.485. The van der Waals surface area contributed by atoms with Gasteiger partial charge in [-0.1, -0.05) is 108 Å². The van der Waals surface area contributed by atoms with Crippen LogP contribution in [0.15, 0.2) is 84.1 Å². The molecule has 0 spiro atoms. The van der Waals surface area contributed by atoms with Crippen molar-refractivity contribution < 1.29 is 18.4 Å². The second-order valence-electron chi connectivity index (χ2n) is 12.4. The molecule has 4 bridgehead atoms. The molecule has 0 radical (unpaired) electrons. The highest BCUT2D eigenvalue weighted by molar-refractivity contribution is 6.99. The predicted molar refractivity (Wildman–Crippen MR) is 163 cm³/mol. The molecule has 0 N–H and O–H groups in total. The van der Waals surface area contributed by atoms with E-state index in [1.54, 1.807) is 0 Å². The van der Waals surface area contributed by atoms with Gasteiger partial charge >= 0.3 is 5.97 Å². The molecule has 2 aliphatic carbocycles. The van der Waals surface area contributed by atoms with Crippen LogP contribution < -0.4 is 10.4 Å². The summed E-state index contributed by atoms with van der Waals surface area (Å²) in [5.41, 5.74) is -0.127. The Morgan fingerprint density at radius 2 is 1.46 bits per heavy atom. The monoisotopic (exact) mass is 560 g/mol. The van der Waals surface area contributed by atoms with Gasteiger partial charge in [-0.2, -0.15) is 0 Å². The first-order valence-corrected chi connectivity index (χ1v) is 19.2. The number of esters is 1. The highest BCUT2D eigenvalue weighted by Gasteiger charge is 2.64. The van der Waals surface area contributed by atoms with Gasteiger partial charge in [0.15, 0.2) is 5.60 Å². The maximum atomic E-state index is 14.1. The van der Waals surface area contributed by atoms with Crippen LogP contribution in [0.4, 0.5) is 0 Å². The number of hydrogen-bond acceptors (Lipinski definition) is 4. The lowest BCUT2D eigenvalue weighted by Crippen LogP contribution is -2.70. The summed E-state index contributed by atoms with van der Waals surface area (Å²) in [6.07, 6.45) is 6.43. The molecule has 0 saturated carbocycles. The summed E-state index contributed by atoms with van der Waals surface area (Å²) in [5, 5.41) is 2.09. The molecular weight excluding hydrogens is 517 g/mol. The summed E-state index contributed by atoms with van der Waals surface area (Å²) in [6, 6.07) is 24.4. The molecule has 1 fully saturated rings. The van der Waals surface area contributed by atoms with E-state index in [-0.39, 0.29) is 23.0 Å². The van der Waals surface area contributed by atoms with Gasteiger partial charge in [0.25, 0.3) is 8.32 Å². The number of ether oxygens (including phenoxy) is 1. The van der Waals surface area contributed by atoms with Crippen LogP contribution in [-0.2, 0) is 18.4 Å². The summed E-state index contributed by atoms with van der Waals surface area (Å²) in [4.78, 5) is 14.1. The van der Waals surface area contributed by atoms with Crippen LogP contribution in [0.5, 0.6) is 0 Å². The molecule has 0 aromatic heterocycles. The first kappa shape index (κ1) is 28.1. The fourth-order valence-corrected chi connectivity index (χ4v) is 14.5. The third-order valence-electron chi connectivity index (χ3n) is 9.51. The minimum atomic E-state index is -3.02. The van der Waals surface area contributed by atoms with E-state index >= 15 is 0 Å². The number of hydrogen-bond donors (Lipinski definition) is 0. The largest absolute Gasteiger partial charge is 0.546 e. The lowest BCUT2D eigenvalue weighted by atomic mass is 9.81. The van der Waals surface area contributed by atoms with Crippen LogP contribution in [-0.4, -0.2) is 34.3 Å². The number of allylic oxidation sites excluding steroid dienone is 1. The zero-order chi connectivity index (χ0) is 27.9. The molecule has 2 aromatic rings. The Balaban J connectivity index is 1.69. The lowest BCUT2D eigenvalue weighted by Gasteiger charge is -2.47. The average Bonchev–Trinajstić information content (AvgIpc) is 3.20. The molecule has 3 aliphatic rings. The van der Waals surface area contributed by atoms with Crippen molar-refractivity contribution in [3.05, 3.63) is 84.1 Å². The Labute approximate surface area is 236 Å². The van der Waals surface area contributed by atoms with Crippen LogP contribution in [0.3, 0.4) is 0 Å². The first-order valence-electron chi connectivity index (χ1n) is 14.8. The van der Waals surface area contributed by atoms with Gasteiger partial charge in [-0.05, 0) is 52.5 Å². The Bertz CT molecular complexity index is 1200. The minimum Gasteiger partial charge on any atom is -0.546 e. The van der Waals surface area contributed by atoms with Gasteiger partial charge in [-0.15, -0.1) is 0 Å². The van der Waals surface area contributed by atoms with Crippen LogP contribution in [0, 0.1) is 5.92 Å². The van der Waals surface area contributed by atoms with Crippen molar-refractivity contribution in [3.8, 4) is 0 Å². The van der Waals surface area contributed by atoms with Crippen molar-refractivity contribution in [3.63, 3.8) is 0 Å². The van der Waals surface area contributed by atoms with E-state index in [4.69, 9.17) is 13.6 Å². The quantitative estimate of drug-likeness (QED) is 0.191. The predicted octanol–water partition coefficient (Wildman–Crippen LogP) is 6.87. The summed E-state index contributed by atoms with van der Waals surface area (Å²) < 4.78 is 21.0. The van der Waals surface area contributed by atoms with Gasteiger partial charge in [-0.3, -0.25) is 0 Å². The molecule has 4 nitrogen and oxygen atoms in total. The number of benzene rings is 2. The van der Waals surface area contributed by atoms with Gasteiger partial charge in [0, 0.05) is 12.0 Å². The van der Waals surface area contributed by atoms with Crippen LogP contribution >= 0.6 is 0 Å². The van der Waals surface area contributed by atoms with Crippen molar-refractivity contribution in [2.45, 2.75) is 95.7 Å². The highest BCUT2D eigenvalue weighted by atomic mass is 28.4. The van der Waals surface area contributed by atoms with Crippen molar-refractivity contribution in [1.82, 2.24) is 0 Å². The molecule has 6 heteroatoms. The van der Waals surface area contributed by atoms with Crippen molar-refractivity contribution in [2.24, 2.45) is 5.92 Å². The number of rotatable bonds is 9. The zero-order valence-corrected chi connectivity index (χ0v) is 26.5. The molecule has 39 heavy (non-hydrogen) atoms. The highest BCUT2D eigenvalue weighted by Crippen LogP contribution is 2.53. The molecule has 1 heterocycles. The average molecular weight is 561 g/mol. The topological polar surface area (TPSA) is 44.8 Å². The smallest absolute Gasteiger partial charge is 0.342 e. The van der Waals surface area contributed by atoms with E-state index in [9.17, 15) is 4.79 Å². The van der Waals surface area contributed by atoms with Gasteiger partial charge in [0.2, 0.25) is 8.32 Å². The molecular formula is C33H44O4Si2. The second kappa shape index (κ2) is 10.5. The van der Waals surface area contributed by atoms with Crippen molar-refractivity contribution >= 4 is 33.0 Å². The summed E-state index contributed by atoms with van der Waals surface area (Å²) in [5.74, 6) is 0.875. The second-order valence-corrected chi connectivity index (χ2v) is 21.3. The van der Waals surface area contributed by atoms with E-state index in [2.05, 4.69) is 102 Å². The first-order chi connectivity index (χ1) is 18.7. The molecule has 1 aliphatic heterocycles. The Kier molecular flexibility index (Phi) is 7.59. The van der Waals surface area contributed by atoms with E-state index in [1.807, 2.05) is 12.1 Å². The summed E-state index contributed by atoms with van der Waals surface area (Å²) in [7, 11) is -4.91. The lowest BCUT2D eigenvalue weighted by molar-refractivity contribution is -0.154. The molecule has 5 rings (SSSR count). The SMILES string of the molecule is CC[Si](CC)(CC)OC1=CC[C@]2(O[Si](c3ccccc3)(c3ccccc3)C(C)(C)C)C(=O)O[C@H]3C2=CCC[C@@H]13. The standard InChI is InChI=1S/C33H44O4Si2/c1-7-38(8-2,9-3)36-29-23-24-33(28-22-16-21-27(29)30(28)35-31(33)34)37-39(32(4,5)6,25-17-12-10-13-18-25)26-19-14-11-15-20-26/h10-15,17-20,22-23,27,30H,7-9,16,21,24H2,1-6H3/t27-,30+,33+/m0/s1. The molecule has 208 valence electrons. The van der Waals surface area contributed by atoms with E-state index in [0.717, 1.165) is 42.3 Å². The van der Waals surface area contributed by atoms with Crippen LogP contribution in [0.25, 0.3) is 0 Å². The molecule has 0 amide bonds. The third-order valence-corrected chi connectivity index (χ3v) is 19.1. The number of carbonyl (C=O) groups is 1. The fourth-order valence-electron chi connectivity index (χ4n) is 7.05. The Morgan fingerprint density at radius 3 is 1.97 bits per heavy atom. The third kappa shape index (κ3) is 4.49. The van der Waals surface area contributed by atoms with Gasteiger partial charge in [-0.25, -0.2) is 4.79 Å². The number of carbonyl (C=O) groups excluding carboxylic acids is 1. The Morgan fingerprint density at radius 1 is 0.897 bits per heavy atom. The molecule has 2 aromatic carbocycles. The molecule has 1 saturated heterocycles. The maximum absolute atomic E-state index is 14.1. The maximum Gasteiger partial charge on any atom is 0.342 e. The van der Waals surface area contributed by atoms with Crippen molar-refractivity contribution in [1.29, 1.82) is 0 Å². The van der Waals surface area contributed by atoms with E-state index < -0.39 is 22.2 Å². The molecule has 3 atom stereocenters.